The molecule has 2 aromatic carbocycles. The lowest BCUT2D eigenvalue weighted by molar-refractivity contribution is 0.223. The van der Waals surface area contributed by atoms with E-state index in [0.717, 1.165) is 16.1 Å². The summed E-state index contributed by atoms with van der Waals surface area (Å²) in [7, 11) is 1.45. The molecule has 3 rings (SSSR count). The van der Waals surface area contributed by atoms with Crippen LogP contribution in [0.15, 0.2) is 48.7 Å². The molecule has 0 aromatic heterocycles. The van der Waals surface area contributed by atoms with Crippen LogP contribution >= 0.6 is 0 Å². The highest BCUT2D eigenvalue weighted by Crippen LogP contribution is 2.27. The number of urea groups is 1. The number of hydrogen-bond acceptors (Lipinski definition) is 5. The highest BCUT2D eigenvalue weighted by atomic mass is 19.1. The van der Waals surface area contributed by atoms with Gasteiger partial charge in [-0.2, -0.15) is 0 Å². The number of nitrogens with one attached hydrogen (secondary N) is 2. The largest absolute Gasteiger partial charge is 0.486 e. The lowest BCUT2D eigenvalue weighted by atomic mass is 10.1. The predicted molar refractivity (Wildman–Crippen MR) is 107 cm³/mol. The van der Waals surface area contributed by atoms with Gasteiger partial charge in [0, 0.05) is 36.6 Å². The molecule has 0 saturated carbocycles. The molecule has 0 fully saturated rings. The van der Waals surface area contributed by atoms with E-state index in [0.29, 0.717) is 11.4 Å². The van der Waals surface area contributed by atoms with E-state index in [-0.39, 0.29) is 18.4 Å². The zero-order valence-electron chi connectivity index (χ0n) is 16.1. The Morgan fingerprint density at radius 3 is 2.82 bits per heavy atom. The van der Waals surface area contributed by atoms with Gasteiger partial charge in [0.1, 0.15) is 6.61 Å². The van der Waals surface area contributed by atoms with Gasteiger partial charge in [-0.05, 0) is 43.7 Å². The number of carbonyl (C=O) groups is 1. The first kappa shape index (κ1) is 19.7. The van der Waals surface area contributed by atoms with E-state index in [1.807, 2.05) is 38.3 Å². The zero-order chi connectivity index (χ0) is 20.3. The molecule has 0 aliphatic carbocycles. The third-order valence-electron chi connectivity index (χ3n) is 4.40. The summed E-state index contributed by atoms with van der Waals surface area (Å²) in [5, 5.41) is 5.43. The highest BCUT2D eigenvalue weighted by molar-refractivity contribution is 5.89. The number of aryl methyl sites for hydroxylation is 1. The van der Waals surface area contributed by atoms with Crippen molar-refractivity contribution in [3.63, 3.8) is 0 Å². The second-order valence-electron chi connectivity index (χ2n) is 6.67. The van der Waals surface area contributed by atoms with Crippen LogP contribution in [0.2, 0.25) is 0 Å². The lowest BCUT2D eigenvalue weighted by Gasteiger charge is -2.19. The van der Waals surface area contributed by atoms with Crippen LogP contribution < -0.4 is 26.3 Å². The fourth-order valence-electron chi connectivity index (χ4n) is 2.80. The van der Waals surface area contributed by atoms with Gasteiger partial charge < -0.3 is 10.1 Å². The Balaban J connectivity index is 1.74. The molecule has 1 atom stereocenters. The number of hydrogen-bond donors (Lipinski definition) is 3. The molecule has 0 saturated heterocycles. The molecular weight excluding hydrogens is 361 g/mol. The van der Waals surface area contributed by atoms with Crippen LogP contribution in [-0.4, -0.2) is 24.1 Å². The number of ether oxygens (including phenoxy) is 1. The minimum atomic E-state index is -0.465. The van der Waals surface area contributed by atoms with Gasteiger partial charge in [-0.25, -0.2) is 20.5 Å². The summed E-state index contributed by atoms with van der Waals surface area (Å²) in [6.07, 6.45) is 3.84. The lowest BCUT2D eigenvalue weighted by Crippen LogP contribution is -2.37. The first-order valence-electron chi connectivity index (χ1n) is 8.89. The van der Waals surface area contributed by atoms with Gasteiger partial charge in [0.2, 0.25) is 0 Å². The number of benzene rings is 2. The van der Waals surface area contributed by atoms with E-state index in [9.17, 15) is 9.18 Å². The molecule has 0 spiro atoms. The Morgan fingerprint density at radius 2 is 2.18 bits per heavy atom. The summed E-state index contributed by atoms with van der Waals surface area (Å²) < 4.78 is 20.2. The normalized spacial score (nSPS) is 15.6. The van der Waals surface area contributed by atoms with Crippen LogP contribution in [0.3, 0.4) is 0 Å². The van der Waals surface area contributed by atoms with Crippen molar-refractivity contribution < 1.29 is 13.9 Å². The molecule has 1 heterocycles. The molecule has 1 unspecified atom stereocenters. The molecule has 1 aliphatic heterocycles. The standard InChI is InChI=1S/C20H24FN5O2/c1-13-5-4-6-18(23-20(27)25(3)22)16(13)12-28-19-8-7-15(11-17(19)21)26-10-9-14(2)24-26/h4-11,14,24H,12,22H2,1-3H3,(H,23,27). The molecule has 2 amide bonds. The molecule has 148 valence electrons. The van der Waals surface area contributed by atoms with Gasteiger partial charge in [0.05, 0.1) is 5.69 Å². The topological polar surface area (TPSA) is 82.9 Å². The molecule has 2 aromatic rings. The maximum atomic E-state index is 14.5. The average Bonchev–Trinajstić information content (AvgIpc) is 3.08. The molecule has 0 radical (unpaired) electrons. The Morgan fingerprint density at radius 1 is 1.39 bits per heavy atom. The van der Waals surface area contributed by atoms with Crippen LogP contribution in [0, 0.1) is 12.7 Å². The summed E-state index contributed by atoms with van der Waals surface area (Å²) >= 11 is 0. The quantitative estimate of drug-likeness (QED) is 0.418. The van der Waals surface area contributed by atoms with Crippen molar-refractivity contribution in [1.29, 1.82) is 0 Å². The molecule has 28 heavy (non-hydrogen) atoms. The third-order valence-corrected chi connectivity index (χ3v) is 4.40. The Labute approximate surface area is 163 Å². The van der Waals surface area contributed by atoms with E-state index in [4.69, 9.17) is 10.6 Å². The van der Waals surface area contributed by atoms with E-state index in [2.05, 4.69) is 10.7 Å². The summed E-state index contributed by atoms with van der Waals surface area (Å²) in [6.45, 7) is 4.00. The first-order chi connectivity index (χ1) is 13.3. The van der Waals surface area contributed by atoms with Crippen molar-refractivity contribution in [1.82, 2.24) is 10.4 Å². The van der Waals surface area contributed by atoms with Gasteiger partial charge in [-0.15, -0.1) is 0 Å². The van der Waals surface area contributed by atoms with Crippen molar-refractivity contribution in [3.8, 4) is 5.75 Å². The minimum absolute atomic E-state index is 0.103. The number of nitrogens with two attached hydrogens (primary N) is 1. The summed E-state index contributed by atoms with van der Waals surface area (Å²) in [4.78, 5) is 11.9. The molecule has 1 aliphatic rings. The number of hydrazine groups is 2. The van der Waals surface area contributed by atoms with E-state index in [1.54, 1.807) is 23.2 Å². The number of rotatable bonds is 5. The Kier molecular flexibility index (Phi) is 5.81. The smallest absolute Gasteiger partial charge is 0.335 e. The fraction of sp³-hybridized carbons (Fsp3) is 0.250. The number of amides is 2. The first-order valence-corrected chi connectivity index (χ1v) is 8.89. The van der Waals surface area contributed by atoms with E-state index in [1.165, 1.54) is 13.1 Å². The zero-order valence-corrected chi connectivity index (χ0v) is 16.1. The van der Waals surface area contributed by atoms with E-state index >= 15 is 0 Å². The predicted octanol–water partition coefficient (Wildman–Crippen LogP) is 3.28. The summed E-state index contributed by atoms with van der Waals surface area (Å²) in [5.74, 6) is 5.13. The van der Waals surface area contributed by atoms with Gasteiger partial charge >= 0.3 is 6.03 Å². The van der Waals surface area contributed by atoms with Crippen molar-refractivity contribution >= 4 is 17.4 Å². The molecule has 8 heteroatoms. The number of halogens is 1. The van der Waals surface area contributed by atoms with Crippen LogP contribution in [-0.2, 0) is 6.61 Å². The van der Waals surface area contributed by atoms with Gasteiger partial charge in [0.25, 0.3) is 0 Å². The second-order valence-corrected chi connectivity index (χ2v) is 6.67. The summed E-state index contributed by atoms with van der Waals surface area (Å²) in [5.41, 5.74) is 6.09. The summed E-state index contributed by atoms with van der Waals surface area (Å²) in [6, 6.07) is 9.98. The number of anilines is 2. The van der Waals surface area contributed by atoms with Gasteiger partial charge in [-0.1, -0.05) is 12.1 Å². The van der Waals surface area contributed by atoms with E-state index < -0.39 is 11.8 Å². The monoisotopic (exact) mass is 385 g/mol. The molecule has 0 bridgehead atoms. The van der Waals surface area contributed by atoms with Gasteiger partial charge in [0.15, 0.2) is 11.6 Å². The van der Waals surface area contributed by atoms with Crippen molar-refractivity contribution in [2.75, 3.05) is 17.4 Å². The van der Waals surface area contributed by atoms with Crippen molar-refractivity contribution in [2.45, 2.75) is 26.5 Å². The number of nitrogens with zero attached hydrogens (tertiary/aromatic N) is 2. The molecular formula is C20H24FN5O2. The third kappa shape index (κ3) is 4.41. The van der Waals surface area contributed by atoms with Gasteiger partial charge in [-0.3, -0.25) is 10.0 Å². The molecule has 4 N–H and O–H groups in total. The molecule has 7 nitrogen and oxygen atoms in total. The van der Waals surface area contributed by atoms with Crippen molar-refractivity contribution in [3.05, 3.63) is 65.6 Å². The highest BCUT2D eigenvalue weighted by Gasteiger charge is 2.16. The Bertz CT molecular complexity index is 900. The van der Waals surface area contributed by atoms with Crippen LogP contribution in [0.25, 0.3) is 0 Å². The number of carbonyl (C=O) groups excluding carboxylic acids is 1. The SMILES string of the molecule is Cc1cccc(NC(=O)N(C)N)c1COc1ccc(N2C=CC(C)N2)cc1F. The van der Waals surface area contributed by atoms with Crippen LogP contribution in [0.5, 0.6) is 5.75 Å². The second kappa shape index (κ2) is 8.28. The fourth-order valence-corrected chi connectivity index (χ4v) is 2.80. The Hall–Kier alpha value is -3.10. The average molecular weight is 385 g/mol. The minimum Gasteiger partial charge on any atom is -0.486 e. The maximum Gasteiger partial charge on any atom is 0.335 e. The maximum absolute atomic E-state index is 14.5. The van der Waals surface area contributed by atoms with Crippen molar-refractivity contribution in [2.24, 2.45) is 5.84 Å². The van der Waals surface area contributed by atoms with Crippen LogP contribution in [0.1, 0.15) is 18.1 Å². The van der Waals surface area contributed by atoms with Crippen LogP contribution in [0.4, 0.5) is 20.6 Å².